The number of nitrogens with zero attached hydrogens (tertiary/aromatic N) is 2. The quantitative estimate of drug-likeness (QED) is 0.289. The second-order valence-electron chi connectivity index (χ2n) is 6.41. The van der Waals surface area contributed by atoms with Crippen molar-refractivity contribution in [1.29, 1.82) is 0 Å². The third kappa shape index (κ3) is 6.17. The Bertz CT molecular complexity index is 908. The summed E-state index contributed by atoms with van der Waals surface area (Å²) in [7, 11) is 0. The number of aromatic amines is 1. The molecule has 0 atom stereocenters. The van der Waals surface area contributed by atoms with Gasteiger partial charge < -0.3 is 20.4 Å². The molecule has 0 saturated heterocycles. The highest BCUT2D eigenvalue weighted by Crippen LogP contribution is 2.20. The van der Waals surface area contributed by atoms with Gasteiger partial charge in [-0.15, -0.1) is 0 Å². The number of alkyl halides is 2. The molecule has 0 bridgehead atoms. The van der Waals surface area contributed by atoms with Crippen LogP contribution in [0.1, 0.15) is 24.7 Å². The molecule has 8 heteroatoms. The van der Waals surface area contributed by atoms with E-state index in [1.165, 1.54) is 6.07 Å². The van der Waals surface area contributed by atoms with Gasteiger partial charge in [0.15, 0.2) is 5.96 Å². The van der Waals surface area contributed by atoms with Gasteiger partial charge in [0.1, 0.15) is 11.6 Å². The fourth-order valence-corrected chi connectivity index (χ4v) is 2.94. The second kappa shape index (κ2) is 10.4. The van der Waals surface area contributed by atoms with Crippen molar-refractivity contribution in [3.05, 3.63) is 59.9 Å². The summed E-state index contributed by atoms with van der Waals surface area (Å²) >= 11 is 0. The number of aliphatic imine (C=N–C) groups is 1. The number of benzene rings is 2. The molecule has 2 aromatic carbocycles. The Balaban J connectivity index is 1.53. The average molecular weight is 401 g/mol. The number of aromatic nitrogens is 2. The lowest BCUT2D eigenvalue weighted by molar-refractivity contribution is -0.0504. The Labute approximate surface area is 168 Å². The zero-order valence-electron chi connectivity index (χ0n) is 16.3. The summed E-state index contributed by atoms with van der Waals surface area (Å²) < 4.78 is 29.6. The standard InChI is InChI=1S/C21H25F2N5O/c1-2-24-21(26-14-15-8-3-6-11-18(15)29-20(22)23)25-13-7-12-19-27-16-9-4-5-10-17(16)28-19/h3-6,8-11,20H,2,7,12-14H2,1H3,(H,27,28)(H2,24,25,26). The number of rotatable bonds is 9. The predicted octanol–water partition coefficient (Wildman–Crippen LogP) is 3.85. The van der Waals surface area contributed by atoms with Gasteiger partial charge in [-0.2, -0.15) is 8.78 Å². The highest BCUT2D eigenvalue weighted by atomic mass is 19.3. The van der Waals surface area contributed by atoms with Crippen molar-refractivity contribution in [2.24, 2.45) is 4.99 Å². The topological polar surface area (TPSA) is 74.3 Å². The van der Waals surface area contributed by atoms with Crippen LogP contribution in [0.4, 0.5) is 8.78 Å². The lowest BCUT2D eigenvalue weighted by Crippen LogP contribution is -2.37. The maximum atomic E-state index is 12.5. The lowest BCUT2D eigenvalue weighted by Gasteiger charge is -2.12. The predicted molar refractivity (Wildman–Crippen MR) is 110 cm³/mol. The molecule has 0 radical (unpaired) electrons. The molecule has 3 aromatic rings. The fraction of sp³-hybridized carbons (Fsp3) is 0.333. The van der Waals surface area contributed by atoms with Crippen LogP contribution in [0.25, 0.3) is 11.0 Å². The molecule has 0 aliphatic carbocycles. The van der Waals surface area contributed by atoms with Crippen LogP contribution < -0.4 is 15.4 Å². The first-order valence-corrected chi connectivity index (χ1v) is 9.64. The zero-order valence-corrected chi connectivity index (χ0v) is 16.3. The Morgan fingerprint density at radius 3 is 2.72 bits per heavy atom. The number of halogens is 2. The van der Waals surface area contributed by atoms with E-state index in [2.05, 4.69) is 30.3 Å². The van der Waals surface area contributed by atoms with E-state index in [-0.39, 0.29) is 12.3 Å². The number of imidazole rings is 1. The molecular formula is C21H25F2N5O. The van der Waals surface area contributed by atoms with Gasteiger partial charge in [0.2, 0.25) is 0 Å². The van der Waals surface area contributed by atoms with Crippen LogP contribution in [0, 0.1) is 0 Å². The van der Waals surface area contributed by atoms with Crippen LogP contribution in [0.5, 0.6) is 5.75 Å². The minimum atomic E-state index is -2.86. The van der Waals surface area contributed by atoms with Crippen LogP contribution in [-0.4, -0.2) is 35.6 Å². The van der Waals surface area contributed by atoms with Crippen LogP contribution in [0.15, 0.2) is 53.5 Å². The van der Waals surface area contributed by atoms with E-state index in [0.29, 0.717) is 24.6 Å². The molecule has 0 aliphatic heterocycles. The van der Waals surface area contributed by atoms with E-state index >= 15 is 0 Å². The first kappa shape index (κ1) is 20.6. The van der Waals surface area contributed by atoms with Crippen molar-refractivity contribution in [2.45, 2.75) is 32.9 Å². The number of ether oxygens (including phenoxy) is 1. The smallest absolute Gasteiger partial charge is 0.387 e. The fourth-order valence-electron chi connectivity index (χ4n) is 2.94. The molecule has 154 valence electrons. The van der Waals surface area contributed by atoms with Crippen molar-refractivity contribution >= 4 is 17.0 Å². The molecule has 3 rings (SSSR count). The molecule has 0 saturated carbocycles. The monoisotopic (exact) mass is 401 g/mol. The number of hydrogen-bond donors (Lipinski definition) is 3. The van der Waals surface area contributed by atoms with E-state index in [9.17, 15) is 8.78 Å². The number of hydrogen-bond acceptors (Lipinski definition) is 3. The Morgan fingerprint density at radius 1 is 1.14 bits per heavy atom. The lowest BCUT2D eigenvalue weighted by atomic mass is 10.2. The van der Waals surface area contributed by atoms with E-state index in [1.807, 2.05) is 31.2 Å². The molecular weight excluding hydrogens is 376 g/mol. The maximum absolute atomic E-state index is 12.5. The first-order chi connectivity index (χ1) is 14.2. The summed E-state index contributed by atoms with van der Waals surface area (Å²) in [5.74, 6) is 1.73. The maximum Gasteiger partial charge on any atom is 0.387 e. The summed E-state index contributed by atoms with van der Waals surface area (Å²) in [5, 5.41) is 6.42. The van der Waals surface area contributed by atoms with Gasteiger partial charge >= 0.3 is 6.61 Å². The normalized spacial score (nSPS) is 11.8. The largest absolute Gasteiger partial charge is 0.434 e. The van der Waals surface area contributed by atoms with Crippen LogP contribution in [0.2, 0.25) is 0 Å². The molecule has 0 aliphatic rings. The summed E-state index contributed by atoms with van der Waals surface area (Å²) in [5.41, 5.74) is 2.61. The highest BCUT2D eigenvalue weighted by molar-refractivity contribution is 5.79. The Kier molecular flexibility index (Phi) is 7.38. The number of guanidine groups is 1. The van der Waals surface area contributed by atoms with Gasteiger partial charge in [-0.05, 0) is 31.5 Å². The van der Waals surface area contributed by atoms with Gasteiger partial charge in [0.25, 0.3) is 0 Å². The summed E-state index contributed by atoms with van der Waals surface area (Å²) in [6.07, 6.45) is 1.68. The van der Waals surface area contributed by atoms with Crippen molar-refractivity contribution < 1.29 is 13.5 Å². The van der Waals surface area contributed by atoms with E-state index in [0.717, 1.165) is 29.7 Å². The SMILES string of the molecule is CCNC(=NCc1ccccc1OC(F)F)NCCCc1nc2ccccc2[nH]1. The van der Waals surface area contributed by atoms with Gasteiger partial charge in [-0.3, -0.25) is 0 Å². The van der Waals surface area contributed by atoms with Crippen molar-refractivity contribution in [1.82, 2.24) is 20.6 Å². The van der Waals surface area contributed by atoms with E-state index in [4.69, 9.17) is 0 Å². The van der Waals surface area contributed by atoms with Crippen LogP contribution in [-0.2, 0) is 13.0 Å². The zero-order chi connectivity index (χ0) is 20.5. The van der Waals surface area contributed by atoms with Gasteiger partial charge in [-0.25, -0.2) is 9.98 Å². The number of para-hydroxylation sites is 3. The molecule has 1 aromatic heterocycles. The first-order valence-electron chi connectivity index (χ1n) is 9.64. The van der Waals surface area contributed by atoms with Gasteiger partial charge in [0.05, 0.1) is 17.6 Å². The Morgan fingerprint density at radius 2 is 1.93 bits per heavy atom. The molecule has 1 heterocycles. The number of nitrogens with one attached hydrogen (secondary N) is 3. The molecule has 0 unspecified atom stereocenters. The summed E-state index contributed by atoms with van der Waals surface area (Å²) in [4.78, 5) is 12.4. The summed E-state index contributed by atoms with van der Waals surface area (Å²) in [6.45, 7) is 0.758. The number of fused-ring (bicyclic) bond motifs is 1. The number of aryl methyl sites for hydroxylation is 1. The molecule has 6 nitrogen and oxygen atoms in total. The molecule has 0 fully saturated rings. The van der Waals surface area contributed by atoms with Crippen molar-refractivity contribution in [2.75, 3.05) is 13.1 Å². The Hall–Kier alpha value is -3.16. The minimum absolute atomic E-state index is 0.145. The van der Waals surface area contributed by atoms with Crippen molar-refractivity contribution in [3.8, 4) is 5.75 Å². The average Bonchev–Trinajstić information content (AvgIpc) is 3.12. The van der Waals surface area contributed by atoms with Crippen molar-refractivity contribution in [3.63, 3.8) is 0 Å². The molecule has 3 N–H and O–H groups in total. The van der Waals surface area contributed by atoms with Gasteiger partial charge in [-0.1, -0.05) is 30.3 Å². The van der Waals surface area contributed by atoms with Gasteiger partial charge in [0, 0.05) is 25.1 Å². The third-order valence-electron chi connectivity index (χ3n) is 4.26. The molecule has 0 amide bonds. The number of H-pyrrole nitrogens is 1. The molecule has 29 heavy (non-hydrogen) atoms. The van der Waals surface area contributed by atoms with Crippen LogP contribution in [0.3, 0.4) is 0 Å². The molecule has 0 spiro atoms. The minimum Gasteiger partial charge on any atom is -0.434 e. The van der Waals surface area contributed by atoms with E-state index in [1.54, 1.807) is 18.2 Å². The third-order valence-corrected chi connectivity index (χ3v) is 4.26. The summed E-state index contributed by atoms with van der Waals surface area (Å²) in [6, 6.07) is 14.6. The highest BCUT2D eigenvalue weighted by Gasteiger charge is 2.09. The van der Waals surface area contributed by atoms with E-state index < -0.39 is 6.61 Å². The van der Waals surface area contributed by atoms with Crippen LogP contribution >= 0.6 is 0 Å². The second-order valence-corrected chi connectivity index (χ2v) is 6.41.